The average molecular weight is 162 g/mol. The summed E-state index contributed by atoms with van der Waals surface area (Å²) in [7, 11) is 0. The van der Waals surface area contributed by atoms with E-state index >= 15 is 0 Å². The summed E-state index contributed by atoms with van der Waals surface area (Å²) in [5.41, 5.74) is 2.66. The van der Waals surface area contributed by atoms with Gasteiger partial charge in [0.05, 0.1) is 0 Å². The van der Waals surface area contributed by atoms with Crippen LogP contribution in [0.1, 0.15) is 25.0 Å². The Morgan fingerprint density at radius 1 is 1.33 bits per heavy atom. The second-order valence-electron chi connectivity index (χ2n) is 2.48. The van der Waals surface area contributed by atoms with Gasteiger partial charge in [-0.25, -0.2) is 0 Å². The molecular weight excluding hydrogens is 144 g/mol. The molecule has 0 bridgehead atoms. The Morgan fingerprint density at radius 3 is 2.50 bits per heavy atom. The monoisotopic (exact) mass is 162 g/mol. The largest absolute Gasteiger partial charge is 0.103 e. The molecule has 0 aliphatic heterocycles. The van der Waals surface area contributed by atoms with Crippen LogP contribution in [0.3, 0.4) is 0 Å². The minimum absolute atomic E-state index is 0.974. The lowest BCUT2D eigenvalue weighted by Gasteiger charge is -1.96. The fraction of sp³-hybridized carbons (Fsp3) is 0.333. The van der Waals surface area contributed by atoms with Crippen LogP contribution < -0.4 is 0 Å². The Bertz CT molecular complexity index is 223. The van der Waals surface area contributed by atoms with E-state index in [0.29, 0.717) is 0 Å². The molecule has 66 valence electrons. The van der Waals surface area contributed by atoms with Crippen molar-refractivity contribution >= 4 is 0 Å². The minimum Gasteiger partial charge on any atom is -0.103 e. The first-order valence-corrected chi connectivity index (χ1v) is 4.49. The molecule has 0 heterocycles. The highest BCUT2D eigenvalue weighted by Gasteiger charge is 1.87. The quantitative estimate of drug-likeness (QED) is 0.581. The van der Waals surface area contributed by atoms with Crippen LogP contribution in [0.25, 0.3) is 0 Å². The fourth-order valence-electron chi connectivity index (χ4n) is 1.01. The zero-order valence-electron chi connectivity index (χ0n) is 8.30. The normalized spacial score (nSPS) is 8.25. The lowest BCUT2D eigenvalue weighted by atomic mass is 10.1. The summed E-state index contributed by atoms with van der Waals surface area (Å²) >= 11 is 0. The highest BCUT2D eigenvalue weighted by Crippen LogP contribution is 2.04. The Morgan fingerprint density at radius 2 is 2.00 bits per heavy atom. The van der Waals surface area contributed by atoms with Crippen LogP contribution >= 0.6 is 0 Å². The lowest BCUT2D eigenvalue weighted by molar-refractivity contribution is 1.25. The molecule has 0 nitrogen and oxygen atoms in total. The second kappa shape index (κ2) is 6.66. The molecule has 1 rings (SSSR count). The van der Waals surface area contributed by atoms with Gasteiger partial charge in [0.25, 0.3) is 0 Å². The van der Waals surface area contributed by atoms with Gasteiger partial charge in [0, 0.05) is 0 Å². The maximum atomic E-state index is 3.69. The molecule has 0 amide bonds. The molecule has 0 unspecified atom stereocenters. The van der Waals surface area contributed by atoms with E-state index in [1.165, 1.54) is 11.1 Å². The molecule has 12 heavy (non-hydrogen) atoms. The molecule has 1 aromatic rings. The van der Waals surface area contributed by atoms with Crippen molar-refractivity contribution in [3.05, 3.63) is 48.0 Å². The summed E-state index contributed by atoms with van der Waals surface area (Å²) < 4.78 is 0. The third-order valence-electron chi connectivity index (χ3n) is 1.46. The first-order valence-electron chi connectivity index (χ1n) is 4.49. The number of allylic oxidation sites excluding steroid dienone is 1. The smallest absolute Gasteiger partial charge is 0.0100 e. The molecule has 0 N–H and O–H groups in total. The lowest BCUT2D eigenvalue weighted by Crippen LogP contribution is -1.80. The molecule has 0 aliphatic rings. The van der Waals surface area contributed by atoms with E-state index in [2.05, 4.69) is 37.8 Å². The molecule has 0 aromatic heterocycles. The fourth-order valence-corrected chi connectivity index (χ4v) is 1.01. The maximum absolute atomic E-state index is 3.69. The topological polar surface area (TPSA) is 0 Å². The highest BCUT2D eigenvalue weighted by molar-refractivity contribution is 5.23. The van der Waals surface area contributed by atoms with E-state index in [0.717, 1.165) is 6.42 Å². The van der Waals surface area contributed by atoms with Crippen molar-refractivity contribution in [1.29, 1.82) is 0 Å². The van der Waals surface area contributed by atoms with Gasteiger partial charge < -0.3 is 0 Å². The molecule has 1 aromatic carbocycles. The third-order valence-corrected chi connectivity index (χ3v) is 1.46. The van der Waals surface area contributed by atoms with E-state index in [-0.39, 0.29) is 0 Å². The molecule has 0 spiro atoms. The first-order chi connectivity index (χ1) is 5.83. The van der Waals surface area contributed by atoms with Crippen LogP contribution in [0.4, 0.5) is 0 Å². The highest BCUT2D eigenvalue weighted by atomic mass is 13.9. The van der Waals surface area contributed by atoms with Gasteiger partial charge in [0.1, 0.15) is 0 Å². The summed E-state index contributed by atoms with van der Waals surface area (Å²) in [6.45, 7) is 9.79. The van der Waals surface area contributed by atoms with Crippen molar-refractivity contribution in [3.8, 4) is 0 Å². The van der Waals surface area contributed by atoms with E-state index in [1.807, 2.05) is 19.9 Å². The van der Waals surface area contributed by atoms with Crippen molar-refractivity contribution in [2.75, 3.05) is 0 Å². The van der Waals surface area contributed by atoms with Crippen molar-refractivity contribution in [3.63, 3.8) is 0 Å². The summed E-state index contributed by atoms with van der Waals surface area (Å²) in [5.74, 6) is 0. The summed E-state index contributed by atoms with van der Waals surface area (Å²) in [4.78, 5) is 0. The number of benzene rings is 1. The molecule has 0 heteroatoms. The third kappa shape index (κ3) is 3.97. The van der Waals surface area contributed by atoms with E-state index in [1.54, 1.807) is 0 Å². The average Bonchev–Trinajstić information content (AvgIpc) is 2.09. The van der Waals surface area contributed by atoms with Gasteiger partial charge in [-0.3, -0.25) is 0 Å². The minimum atomic E-state index is 0.974. The maximum Gasteiger partial charge on any atom is -0.0100 e. The zero-order chi connectivity index (χ0) is 9.40. The van der Waals surface area contributed by atoms with E-state index < -0.39 is 0 Å². The Balaban J connectivity index is 0.000000561. The van der Waals surface area contributed by atoms with Gasteiger partial charge in [0.2, 0.25) is 0 Å². The van der Waals surface area contributed by atoms with Gasteiger partial charge >= 0.3 is 0 Å². The Labute approximate surface area is 75.9 Å². The van der Waals surface area contributed by atoms with Gasteiger partial charge in [-0.15, -0.1) is 6.58 Å². The van der Waals surface area contributed by atoms with Crippen LogP contribution in [0.5, 0.6) is 0 Å². The van der Waals surface area contributed by atoms with E-state index in [9.17, 15) is 0 Å². The molecule has 0 saturated heterocycles. The molecular formula is C12H18. The van der Waals surface area contributed by atoms with Crippen molar-refractivity contribution in [2.24, 2.45) is 0 Å². The molecule has 0 radical (unpaired) electrons. The molecule has 0 atom stereocenters. The number of aryl methyl sites for hydroxylation is 1. The number of hydrogen-bond donors (Lipinski definition) is 0. The Kier molecular flexibility index (Phi) is 6.08. The van der Waals surface area contributed by atoms with Crippen LogP contribution in [-0.2, 0) is 6.42 Å². The zero-order valence-corrected chi connectivity index (χ0v) is 8.30. The van der Waals surface area contributed by atoms with Crippen LogP contribution in [0, 0.1) is 6.92 Å². The first kappa shape index (κ1) is 11.0. The standard InChI is InChI=1S/C10H12.C2H6/c1-3-5-10-7-4-6-9(2)8-10;1-2/h3-4,6-8H,1,5H2,2H3;1-2H3. The van der Waals surface area contributed by atoms with Crippen LogP contribution in [0.2, 0.25) is 0 Å². The molecule has 0 aliphatic carbocycles. The molecule has 0 saturated carbocycles. The predicted molar refractivity (Wildman–Crippen MR) is 56.4 cm³/mol. The van der Waals surface area contributed by atoms with Crippen LogP contribution in [0.15, 0.2) is 36.9 Å². The number of rotatable bonds is 2. The molecule has 0 fully saturated rings. The van der Waals surface area contributed by atoms with Crippen molar-refractivity contribution in [1.82, 2.24) is 0 Å². The number of hydrogen-bond acceptors (Lipinski definition) is 0. The van der Waals surface area contributed by atoms with Gasteiger partial charge in [-0.2, -0.15) is 0 Å². The summed E-state index contributed by atoms with van der Waals surface area (Å²) in [5, 5.41) is 0. The van der Waals surface area contributed by atoms with Crippen molar-refractivity contribution < 1.29 is 0 Å². The van der Waals surface area contributed by atoms with E-state index in [4.69, 9.17) is 0 Å². The van der Waals surface area contributed by atoms with Gasteiger partial charge in [-0.1, -0.05) is 49.8 Å². The summed E-state index contributed by atoms with van der Waals surface area (Å²) in [6, 6.07) is 8.48. The predicted octanol–water partition coefficient (Wildman–Crippen LogP) is 3.75. The second-order valence-corrected chi connectivity index (χ2v) is 2.48. The SMILES string of the molecule is C=CCc1cccc(C)c1.CC. The van der Waals surface area contributed by atoms with Crippen LogP contribution in [-0.4, -0.2) is 0 Å². The summed E-state index contributed by atoms with van der Waals surface area (Å²) in [6.07, 6.45) is 2.90. The van der Waals surface area contributed by atoms with Gasteiger partial charge in [-0.05, 0) is 18.9 Å². The Hall–Kier alpha value is -1.04. The van der Waals surface area contributed by atoms with Crippen molar-refractivity contribution in [2.45, 2.75) is 27.2 Å². The van der Waals surface area contributed by atoms with Gasteiger partial charge in [0.15, 0.2) is 0 Å².